The maximum Gasteiger partial charge on any atom is 0.323 e. The number of hydrogen-bond acceptors (Lipinski definition) is 2. The highest BCUT2D eigenvalue weighted by molar-refractivity contribution is 5.93. The third kappa shape index (κ3) is 4.72. The number of rotatable bonds is 9. The van der Waals surface area contributed by atoms with E-state index in [-0.39, 0.29) is 12.5 Å². The highest BCUT2D eigenvalue weighted by Crippen LogP contribution is 2.09. The number of nitrogens with zero attached hydrogens (tertiary/aromatic N) is 2. The molecule has 0 bridgehead atoms. The van der Waals surface area contributed by atoms with Crippen molar-refractivity contribution in [2.75, 3.05) is 13.1 Å². The molecule has 0 fully saturated rings. The summed E-state index contributed by atoms with van der Waals surface area (Å²) >= 11 is 0. The first-order valence-electron chi connectivity index (χ1n) is 7.26. The van der Waals surface area contributed by atoms with Crippen molar-refractivity contribution in [2.45, 2.75) is 46.1 Å². The zero-order valence-corrected chi connectivity index (χ0v) is 12.3. The summed E-state index contributed by atoms with van der Waals surface area (Å²) < 4.78 is 1.50. The van der Waals surface area contributed by atoms with Crippen LogP contribution in [0, 0.1) is 0 Å². The number of aliphatic carboxylic acids is 1. The summed E-state index contributed by atoms with van der Waals surface area (Å²) in [5, 5.41) is 8.87. The summed E-state index contributed by atoms with van der Waals surface area (Å²) in [7, 11) is 0. The fourth-order valence-electron chi connectivity index (χ4n) is 2.07. The van der Waals surface area contributed by atoms with Crippen LogP contribution >= 0.6 is 0 Å². The van der Waals surface area contributed by atoms with E-state index in [1.54, 1.807) is 18.3 Å². The second-order valence-corrected chi connectivity index (χ2v) is 4.91. The molecular formula is C15H24N2O3. The topological polar surface area (TPSA) is 62.5 Å². The Kier molecular flexibility index (Phi) is 6.84. The van der Waals surface area contributed by atoms with E-state index in [2.05, 4.69) is 13.8 Å². The summed E-state index contributed by atoms with van der Waals surface area (Å²) in [5.74, 6) is -1.01. The van der Waals surface area contributed by atoms with Gasteiger partial charge in [-0.05, 0) is 25.0 Å². The van der Waals surface area contributed by atoms with E-state index in [4.69, 9.17) is 5.11 Å². The molecule has 0 aliphatic rings. The lowest BCUT2D eigenvalue weighted by Crippen LogP contribution is -2.34. The molecule has 0 aliphatic carbocycles. The minimum Gasteiger partial charge on any atom is -0.480 e. The number of hydrogen-bond donors (Lipinski definition) is 1. The molecule has 0 spiro atoms. The predicted octanol–water partition coefficient (Wildman–Crippen LogP) is 2.62. The number of carbonyl (C=O) groups is 2. The lowest BCUT2D eigenvalue weighted by atomic mass is 10.2. The molecule has 0 unspecified atom stereocenters. The van der Waals surface area contributed by atoms with Crippen molar-refractivity contribution in [3.8, 4) is 0 Å². The molecular weight excluding hydrogens is 256 g/mol. The first-order chi connectivity index (χ1) is 9.60. The molecule has 20 heavy (non-hydrogen) atoms. The lowest BCUT2D eigenvalue weighted by Gasteiger charge is -2.23. The quantitative estimate of drug-likeness (QED) is 0.756. The Labute approximate surface area is 120 Å². The fraction of sp³-hybridized carbons (Fsp3) is 0.600. The van der Waals surface area contributed by atoms with Gasteiger partial charge in [0, 0.05) is 19.3 Å². The van der Waals surface area contributed by atoms with Crippen LogP contribution in [0.2, 0.25) is 0 Å². The minimum atomic E-state index is -0.941. The highest BCUT2D eigenvalue weighted by Gasteiger charge is 2.18. The van der Waals surface area contributed by atoms with E-state index in [0.717, 1.165) is 38.8 Å². The van der Waals surface area contributed by atoms with Gasteiger partial charge in [0.05, 0.1) is 0 Å². The molecule has 5 nitrogen and oxygen atoms in total. The molecule has 1 amide bonds. The number of carboxylic acid groups (broad SMARTS) is 1. The number of unbranched alkanes of at least 4 members (excludes halogenated alkanes) is 2. The first-order valence-corrected chi connectivity index (χ1v) is 7.26. The molecule has 112 valence electrons. The molecule has 1 aromatic rings. The Balaban J connectivity index is 2.81. The van der Waals surface area contributed by atoms with E-state index in [0.29, 0.717) is 5.69 Å². The number of amides is 1. The van der Waals surface area contributed by atoms with Crippen LogP contribution in [-0.2, 0) is 11.3 Å². The molecule has 1 rings (SSSR count). The molecule has 0 aromatic carbocycles. The molecule has 0 saturated heterocycles. The first kappa shape index (κ1) is 16.3. The van der Waals surface area contributed by atoms with E-state index in [9.17, 15) is 9.59 Å². The van der Waals surface area contributed by atoms with Crippen LogP contribution in [0.1, 0.15) is 50.0 Å². The molecule has 1 N–H and O–H groups in total. The van der Waals surface area contributed by atoms with Crippen molar-refractivity contribution in [1.82, 2.24) is 9.47 Å². The van der Waals surface area contributed by atoms with Crippen molar-refractivity contribution in [3.05, 3.63) is 24.0 Å². The van der Waals surface area contributed by atoms with Gasteiger partial charge in [0.2, 0.25) is 0 Å². The largest absolute Gasteiger partial charge is 0.480 e. The molecule has 0 radical (unpaired) electrons. The molecule has 0 aliphatic heterocycles. The van der Waals surface area contributed by atoms with Crippen molar-refractivity contribution >= 4 is 11.9 Å². The predicted molar refractivity (Wildman–Crippen MR) is 77.8 cm³/mol. The molecule has 0 atom stereocenters. The molecule has 5 heteroatoms. The standard InChI is InChI=1S/C15H24N2O3/c1-3-5-9-16(10-6-4-2)15(20)13-8-7-11-17(13)12-14(18)19/h7-8,11H,3-6,9-10,12H2,1-2H3,(H,18,19). The van der Waals surface area contributed by atoms with Gasteiger partial charge in [-0.2, -0.15) is 0 Å². The maximum atomic E-state index is 12.5. The van der Waals surface area contributed by atoms with Crippen LogP contribution in [-0.4, -0.2) is 39.5 Å². The number of aromatic nitrogens is 1. The van der Waals surface area contributed by atoms with Crippen molar-refractivity contribution in [1.29, 1.82) is 0 Å². The minimum absolute atomic E-state index is 0.0712. The van der Waals surface area contributed by atoms with Gasteiger partial charge in [0.15, 0.2) is 0 Å². The summed E-state index contributed by atoms with van der Waals surface area (Å²) in [6.45, 7) is 5.47. The zero-order valence-electron chi connectivity index (χ0n) is 12.3. The normalized spacial score (nSPS) is 10.5. The summed E-state index contributed by atoms with van der Waals surface area (Å²) in [4.78, 5) is 25.2. The molecule has 1 aromatic heterocycles. The smallest absolute Gasteiger partial charge is 0.323 e. The van der Waals surface area contributed by atoms with Crippen LogP contribution in [0.4, 0.5) is 0 Å². The average molecular weight is 280 g/mol. The van der Waals surface area contributed by atoms with Gasteiger partial charge >= 0.3 is 5.97 Å². The van der Waals surface area contributed by atoms with Gasteiger partial charge in [-0.3, -0.25) is 9.59 Å². The van der Waals surface area contributed by atoms with Gasteiger partial charge in [0.25, 0.3) is 5.91 Å². The second kappa shape index (κ2) is 8.40. The monoisotopic (exact) mass is 280 g/mol. The summed E-state index contributed by atoms with van der Waals surface area (Å²) in [6, 6.07) is 3.41. The van der Waals surface area contributed by atoms with Gasteiger partial charge < -0.3 is 14.6 Å². The zero-order chi connectivity index (χ0) is 15.0. The second-order valence-electron chi connectivity index (χ2n) is 4.91. The average Bonchev–Trinajstić information content (AvgIpc) is 2.85. The van der Waals surface area contributed by atoms with Crippen molar-refractivity contribution < 1.29 is 14.7 Å². The Morgan fingerprint density at radius 2 is 1.80 bits per heavy atom. The summed E-state index contributed by atoms with van der Waals surface area (Å²) in [6.07, 6.45) is 5.64. The van der Waals surface area contributed by atoms with Crippen LogP contribution in [0.25, 0.3) is 0 Å². The third-order valence-electron chi connectivity index (χ3n) is 3.20. The SMILES string of the molecule is CCCCN(CCCC)C(=O)c1cccn1CC(=O)O. The Morgan fingerprint density at radius 3 is 2.30 bits per heavy atom. The highest BCUT2D eigenvalue weighted by atomic mass is 16.4. The van der Waals surface area contributed by atoms with Crippen LogP contribution in [0.5, 0.6) is 0 Å². The lowest BCUT2D eigenvalue weighted by molar-refractivity contribution is -0.137. The van der Waals surface area contributed by atoms with E-state index in [1.807, 2.05) is 4.90 Å². The van der Waals surface area contributed by atoms with Crippen LogP contribution in [0.15, 0.2) is 18.3 Å². The van der Waals surface area contributed by atoms with Gasteiger partial charge in [0.1, 0.15) is 12.2 Å². The maximum absolute atomic E-state index is 12.5. The van der Waals surface area contributed by atoms with Gasteiger partial charge in [-0.1, -0.05) is 26.7 Å². The van der Waals surface area contributed by atoms with Crippen molar-refractivity contribution in [2.24, 2.45) is 0 Å². The van der Waals surface area contributed by atoms with Gasteiger partial charge in [-0.15, -0.1) is 0 Å². The Hall–Kier alpha value is -1.78. The van der Waals surface area contributed by atoms with E-state index < -0.39 is 5.97 Å². The number of carbonyl (C=O) groups excluding carboxylic acids is 1. The number of carboxylic acids is 1. The van der Waals surface area contributed by atoms with Crippen LogP contribution < -0.4 is 0 Å². The van der Waals surface area contributed by atoms with E-state index in [1.165, 1.54) is 4.57 Å². The summed E-state index contributed by atoms with van der Waals surface area (Å²) in [5.41, 5.74) is 0.458. The van der Waals surface area contributed by atoms with Crippen LogP contribution in [0.3, 0.4) is 0 Å². The molecule has 0 saturated carbocycles. The molecule has 1 heterocycles. The fourth-order valence-corrected chi connectivity index (χ4v) is 2.07. The third-order valence-corrected chi connectivity index (χ3v) is 3.20. The van der Waals surface area contributed by atoms with Gasteiger partial charge in [-0.25, -0.2) is 0 Å². The van der Waals surface area contributed by atoms with Crippen molar-refractivity contribution in [3.63, 3.8) is 0 Å². The van der Waals surface area contributed by atoms with E-state index >= 15 is 0 Å². The Bertz CT molecular complexity index is 432. The Morgan fingerprint density at radius 1 is 1.20 bits per heavy atom.